The standard InChI is InChI=1S/C10H13FO3/c1-7(12)9-4-3-8(5-10(9)11)14-6-13-2/h3-5,7,12H,6H2,1-2H3/t7-/m0/s1. The van der Waals surface area contributed by atoms with Crippen molar-refractivity contribution in [1.29, 1.82) is 0 Å². The van der Waals surface area contributed by atoms with Gasteiger partial charge in [-0.3, -0.25) is 0 Å². The third kappa shape index (κ3) is 2.68. The van der Waals surface area contributed by atoms with Gasteiger partial charge in [0.25, 0.3) is 0 Å². The van der Waals surface area contributed by atoms with E-state index in [1.165, 1.54) is 26.2 Å². The molecule has 1 rings (SSSR count). The number of benzene rings is 1. The maximum Gasteiger partial charge on any atom is 0.188 e. The molecule has 1 aromatic rings. The van der Waals surface area contributed by atoms with E-state index < -0.39 is 11.9 Å². The Morgan fingerprint density at radius 3 is 2.71 bits per heavy atom. The topological polar surface area (TPSA) is 38.7 Å². The highest BCUT2D eigenvalue weighted by Crippen LogP contribution is 2.21. The summed E-state index contributed by atoms with van der Waals surface area (Å²) in [6.07, 6.45) is -0.813. The molecule has 0 heterocycles. The minimum atomic E-state index is -0.813. The van der Waals surface area contributed by atoms with Crippen LogP contribution in [0, 0.1) is 5.82 Å². The molecule has 0 saturated heterocycles. The van der Waals surface area contributed by atoms with Crippen LogP contribution in [0.5, 0.6) is 5.75 Å². The molecule has 4 heteroatoms. The molecule has 0 unspecified atom stereocenters. The SMILES string of the molecule is COCOc1ccc([C@H](C)O)c(F)c1. The van der Waals surface area contributed by atoms with Gasteiger partial charge in [0, 0.05) is 18.7 Å². The van der Waals surface area contributed by atoms with Gasteiger partial charge in [-0.05, 0) is 19.1 Å². The van der Waals surface area contributed by atoms with E-state index in [1.807, 2.05) is 0 Å². The van der Waals surface area contributed by atoms with Gasteiger partial charge >= 0.3 is 0 Å². The number of hydrogen-bond donors (Lipinski definition) is 1. The lowest BCUT2D eigenvalue weighted by Gasteiger charge is -2.09. The first-order valence-electron chi connectivity index (χ1n) is 4.24. The first kappa shape index (κ1) is 10.9. The maximum atomic E-state index is 13.2. The van der Waals surface area contributed by atoms with Crippen molar-refractivity contribution < 1.29 is 19.0 Å². The molecule has 14 heavy (non-hydrogen) atoms. The predicted molar refractivity (Wildman–Crippen MR) is 49.5 cm³/mol. The van der Waals surface area contributed by atoms with E-state index in [2.05, 4.69) is 4.74 Å². The van der Waals surface area contributed by atoms with Gasteiger partial charge in [-0.2, -0.15) is 0 Å². The van der Waals surface area contributed by atoms with Crippen LogP contribution in [0.25, 0.3) is 0 Å². The molecule has 0 aliphatic rings. The fourth-order valence-corrected chi connectivity index (χ4v) is 1.06. The predicted octanol–water partition coefficient (Wildman–Crippen LogP) is 1.86. The largest absolute Gasteiger partial charge is 0.467 e. The number of aliphatic hydroxyl groups excluding tert-OH is 1. The summed E-state index contributed by atoms with van der Waals surface area (Å²) in [5.74, 6) is -0.0950. The van der Waals surface area contributed by atoms with Crippen LogP contribution in [-0.2, 0) is 4.74 Å². The second-order valence-electron chi connectivity index (χ2n) is 2.91. The molecule has 0 fully saturated rings. The number of aliphatic hydroxyl groups is 1. The minimum absolute atomic E-state index is 0.0769. The lowest BCUT2D eigenvalue weighted by atomic mass is 10.1. The van der Waals surface area contributed by atoms with Crippen molar-refractivity contribution in [2.45, 2.75) is 13.0 Å². The van der Waals surface area contributed by atoms with Gasteiger partial charge in [0.1, 0.15) is 11.6 Å². The third-order valence-corrected chi connectivity index (χ3v) is 1.77. The van der Waals surface area contributed by atoms with E-state index >= 15 is 0 Å². The summed E-state index contributed by atoms with van der Waals surface area (Å²) in [5.41, 5.74) is 0.259. The monoisotopic (exact) mass is 200 g/mol. The summed E-state index contributed by atoms with van der Waals surface area (Å²) in [4.78, 5) is 0. The Morgan fingerprint density at radius 1 is 1.50 bits per heavy atom. The highest BCUT2D eigenvalue weighted by molar-refractivity contribution is 5.29. The van der Waals surface area contributed by atoms with Crippen LogP contribution in [-0.4, -0.2) is 19.0 Å². The maximum absolute atomic E-state index is 13.2. The molecular formula is C10H13FO3. The first-order valence-corrected chi connectivity index (χ1v) is 4.24. The molecule has 0 saturated carbocycles. The van der Waals surface area contributed by atoms with E-state index in [9.17, 15) is 4.39 Å². The molecule has 0 bridgehead atoms. The Kier molecular flexibility index (Phi) is 3.85. The van der Waals surface area contributed by atoms with Crippen LogP contribution in [0.2, 0.25) is 0 Å². The van der Waals surface area contributed by atoms with Crippen LogP contribution >= 0.6 is 0 Å². The zero-order chi connectivity index (χ0) is 10.6. The molecular weight excluding hydrogens is 187 g/mol. The van der Waals surface area contributed by atoms with Crippen LogP contribution in [0.4, 0.5) is 4.39 Å². The van der Waals surface area contributed by atoms with E-state index in [1.54, 1.807) is 6.07 Å². The molecule has 1 aromatic carbocycles. The summed E-state index contributed by atoms with van der Waals surface area (Å²) in [6.45, 7) is 1.58. The van der Waals surface area contributed by atoms with Gasteiger partial charge in [-0.15, -0.1) is 0 Å². The van der Waals surface area contributed by atoms with Crippen LogP contribution in [0.15, 0.2) is 18.2 Å². The van der Waals surface area contributed by atoms with Crippen molar-refractivity contribution in [3.05, 3.63) is 29.6 Å². The Hall–Kier alpha value is -1.13. The first-order chi connectivity index (χ1) is 6.65. The van der Waals surface area contributed by atoms with Gasteiger partial charge in [0.05, 0.1) is 6.10 Å². The van der Waals surface area contributed by atoms with Crippen LogP contribution in [0.1, 0.15) is 18.6 Å². The molecule has 0 aromatic heterocycles. The molecule has 1 N–H and O–H groups in total. The van der Waals surface area contributed by atoms with E-state index in [0.29, 0.717) is 5.75 Å². The summed E-state index contributed by atoms with van der Waals surface area (Å²) in [6, 6.07) is 4.30. The van der Waals surface area contributed by atoms with Crippen molar-refractivity contribution in [3.8, 4) is 5.75 Å². The number of hydrogen-bond acceptors (Lipinski definition) is 3. The number of rotatable bonds is 4. The molecule has 0 spiro atoms. The zero-order valence-electron chi connectivity index (χ0n) is 8.16. The number of methoxy groups -OCH3 is 1. The van der Waals surface area contributed by atoms with Gasteiger partial charge in [-0.1, -0.05) is 0 Å². The lowest BCUT2D eigenvalue weighted by molar-refractivity contribution is 0.0508. The van der Waals surface area contributed by atoms with Crippen LogP contribution in [0.3, 0.4) is 0 Å². The van der Waals surface area contributed by atoms with Gasteiger partial charge < -0.3 is 14.6 Å². The van der Waals surface area contributed by atoms with E-state index in [-0.39, 0.29) is 12.4 Å². The molecule has 0 amide bonds. The van der Waals surface area contributed by atoms with E-state index in [4.69, 9.17) is 9.84 Å². The molecule has 78 valence electrons. The molecule has 0 aliphatic carbocycles. The highest BCUT2D eigenvalue weighted by atomic mass is 19.1. The number of ether oxygens (including phenoxy) is 2. The summed E-state index contributed by atoms with van der Waals surface area (Å²) in [7, 11) is 1.49. The van der Waals surface area contributed by atoms with Crippen molar-refractivity contribution in [2.75, 3.05) is 13.9 Å². The Labute approximate surface area is 82.1 Å². The lowest BCUT2D eigenvalue weighted by Crippen LogP contribution is -2.01. The molecule has 0 aliphatic heterocycles. The summed E-state index contributed by atoms with van der Waals surface area (Å²) in [5, 5.41) is 9.17. The van der Waals surface area contributed by atoms with Crippen molar-refractivity contribution in [1.82, 2.24) is 0 Å². The second-order valence-corrected chi connectivity index (χ2v) is 2.91. The Morgan fingerprint density at radius 2 is 2.21 bits per heavy atom. The average Bonchev–Trinajstić information content (AvgIpc) is 2.14. The van der Waals surface area contributed by atoms with Crippen LogP contribution < -0.4 is 4.74 Å². The molecule has 3 nitrogen and oxygen atoms in total. The molecule has 0 radical (unpaired) electrons. The second kappa shape index (κ2) is 4.93. The fourth-order valence-electron chi connectivity index (χ4n) is 1.06. The average molecular weight is 200 g/mol. The van der Waals surface area contributed by atoms with Gasteiger partial charge in [-0.25, -0.2) is 4.39 Å². The van der Waals surface area contributed by atoms with Gasteiger partial charge in [0.2, 0.25) is 0 Å². The number of halogens is 1. The summed E-state index contributed by atoms with van der Waals surface area (Å²) >= 11 is 0. The Balaban J connectivity index is 2.78. The quantitative estimate of drug-likeness (QED) is 0.754. The zero-order valence-corrected chi connectivity index (χ0v) is 8.16. The summed E-state index contributed by atoms with van der Waals surface area (Å²) < 4.78 is 22.9. The fraction of sp³-hybridized carbons (Fsp3) is 0.400. The van der Waals surface area contributed by atoms with Crippen molar-refractivity contribution in [3.63, 3.8) is 0 Å². The smallest absolute Gasteiger partial charge is 0.188 e. The van der Waals surface area contributed by atoms with Crippen molar-refractivity contribution in [2.24, 2.45) is 0 Å². The minimum Gasteiger partial charge on any atom is -0.467 e. The third-order valence-electron chi connectivity index (χ3n) is 1.77. The highest BCUT2D eigenvalue weighted by Gasteiger charge is 2.08. The van der Waals surface area contributed by atoms with Gasteiger partial charge in [0.15, 0.2) is 6.79 Å². The normalized spacial score (nSPS) is 12.6. The Bertz CT molecular complexity index is 299. The van der Waals surface area contributed by atoms with E-state index in [0.717, 1.165) is 0 Å². The molecule has 1 atom stereocenters. The van der Waals surface area contributed by atoms with Crippen molar-refractivity contribution >= 4 is 0 Å².